The minimum Gasteiger partial charge on any atom is -0.378 e. The van der Waals surface area contributed by atoms with Gasteiger partial charge in [0.15, 0.2) is 11.5 Å². The molecule has 1 aliphatic rings. The third-order valence-electron chi connectivity index (χ3n) is 8.99. The van der Waals surface area contributed by atoms with Crippen molar-refractivity contribution in [1.29, 1.82) is 0 Å². The number of carbonyl (C=O) groups excluding carboxylic acids is 1. The van der Waals surface area contributed by atoms with E-state index in [1.54, 1.807) is 0 Å². The topological polar surface area (TPSA) is 144 Å². The molecule has 1 amide bonds. The zero-order valence-electron chi connectivity index (χ0n) is 30.9. The van der Waals surface area contributed by atoms with Crippen molar-refractivity contribution >= 4 is 32.7 Å². The molecular formula is C38H33F8N7O4S. The van der Waals surface area contributed by atoms with Crippen LogP contribution in [-0.4, -0.2) is 55.8 Å². The van der Waals surface area contributed by atoms with E-state index in [4.69, 9.17) is 0 Å². The molecule has 0 bridgehead atoms. The minimum atomic E-state index is -5.18. The van der Waals surface area contributed by atoms with Gasteiger partial charge in [-0.3, -0.25) is 18.9 Å². The number of allylic oxidation sites excluding steroid dienone is 1. The van der Waals surface area contributed by atoms with E-state index >= 15 is 13.2 Å². The highest BCUT2D eigenvalue weighted by Gasteiger charge is 2.53. The molecule has 3 N–H and O–H groups in total. The Bertz CT molecular complexity index is 2640. The normalized spacial score (nSPS) is 15.8. The molecule has 5 aromatic rings. The van der Waals surface area contributed by atoms with Gasteiger partial charge in [0.05, 0.1) is 28.9 Å². The lowest BCUT2D eigenvalue weighted by molar-refractivity contribution is -0.142. The second kappa shape index (κ2) is 14.8. The van der Waals surface area contributed by atoms with Gasteiger partial charge in [-0.1, -0.05) is 12.0 Å². The number of halogens is 8. The number of sulfonamides is 1. The third kappa shape index (κ3) is 8.69. The molecule has 20 heteroatoms. The van der Waals surface area contributed by atoms with Crippen molar-refractivity contribution in [2.45, 2.75) is 62.9 Å². The molecule has 11 nitrogen and oxygen atoms in total. The number of aryl methyl sites for hydroxylation is 1. The molecule has 0 fully saturated rings. The first-order chi connectivity index (χ1) is 26.8. The Labute approximate surface area is 325 Å². The number of nitrogens with zero attached hydrogens (tertiary/aromatic N) is 5. The van der Waals surface area contributed by atoms with Crippen LogP contribution in [0.4, 0.5) is 40.9 Å². The Morgan fingerprint density at radius 1 is 1.09 bits per heavy atom. The van der Waals surface area contributed by atoms with Crippen molar-refractivity contribution in [1.82, 2.24) is 29.9 Å². The van der Waals surface area contributed by atoms with Gasteiger partial charge in [-0.05, 0) is 68.2 Å². The smallest absolute Gasteiger partial charge is 0.378 e. The molecule has 0 spiro atoms. The number of aromatic nitrogens is 5. The van der Waals surface area contributed by atoms with Crippen LogP contribution in [0.1, 0.15) is 66.1 Å². The lowest BCUT2D eigenvalue weighted by atomic mass is 9.93. The maximum atomic E-state index is 15.5. The number of fused-ring (bicyclic) bond motifs is 2. The van der Waals surface area contributed by atoms with Crippen LogP contribution in [0.25, 0.3) is 22.0 Å². The van der Waals surface area contributed by atoms with Crippen molar-refractivity contribution in [2.24, 2.45) is 7.05 Å². The van der Waals surface area contributed by atoms with Gasteiger partial charge in [0.2, 0.25) is 15.9 Å². The largest absolute Gasteiger partial charge is 0.435 e. The predicted molar refractivity (Wildman–Crippen MR) is 195 cm³/mol. The maximum absolute atomic E-state index is 15.5. The molecule has 2 atom stereocenters. The predicted octanol–water partition coefficient (Wildman–Crippen LogP) is 6.63. The van der Waals surface area contributed by atoms with Crippen molar-refractivity contribution in [2.75, 3.05) is 11.0 Å². The monoisotopic (exact) mass is 835 g/mol. The van der Waals surface area contributed by atoms with Gasteiger partial charge in [-0.2, -0.15) is 32.1 Å². The molecular weight excluding hydrogens is 803 g/mol. The van der Waals surface area contributed by atoms with Crippen LogP contribution in [0.15, 0.2) is 55.1 Å². The molecule has 0 saturated carbocycles. The fourth-order valence-corrected chi connectivity index (χ4v) is 7.36. The second-order valence-electron chi connectivity index (χ2n) is 14.2. The Kier molecular flexibility index (Phi) is 10.7. The number of carbonyl (C=O) groups is 1. The molecule has 3 aromatic heterocycles. The van der Waals surface area contributed by atoms with Crippen molar-refractivity contribution in [3.05, 3.63) is 106 Å². The van der Waals surface area contributed by atoms with Crippen LogP contribution in [0.3, 0.4) is 0 Å². The number of rotatable bonds is 10. The molecule has 1 unspecified atom stereocenters. The van der Waals surface area contributed by atoms with Crippen LogP contribution in [-0.2, 0) is 46.9 Å². The lowest BCUT2D eigenvalue weighted by Gasteiger charge is -2.23. The number of aliphatic hydroxyl groups is 1. The van der Waals surface area contributed by atoms with E-state index in [9.17, 15) is 40.3 Å². The molecule has 306 valence electrons. The molecule has 0 saturated heterocycles. The van der Waals surface area contributed by atoms with E-state index in [-0.39, 0.29) is 49.5 Å². The summed E-state index contributed by atoms with van der Waals surface area (Å²) in [5, 5.41) is 20.1. The van der Waals surface area contributed by atoms with E-state index in [1.807, 2.05) is 0 Å². The Morgan fingerprint density at radius 2 is 1.74 bits per heavy atom. The summed E-state index contributed by atoms with van der Waals surface area (Å²) in [5.41, 5.74) is -5.08. The summed E-state index contributed by atoms with van der Waals surface area (Å²) in [7, 11) is -2.59. The highest BCUT2D eigenvalue weighted by Crippen LogP contribution is 2.52. The standard InChI is InChI=1S/C38H33F8N7O4S/c1-6-20-17-37(42,43)34-29(20)33(38(44,45)46)49-53(34)18-28(54)48-27(15-19-13-21(39)16-22(40)14-19)31-24(8-7-23(47-31)11-12-36(2,3)55)25-9-10-26(41)30-32(25)52(4)50-35(30)51-58(5,56)57/h6-10,13-14,16,20,27,55H,1,15,17-18H2,2-5H3,(H,48,54)(H,50,51)/t20-,27?/m0/s1. The van der Waals surface area contributed by atoms with Crippen molar-refractivity contribution < 1.29 is 53.4 Å². The molecule has 58 heavy (non-hydrogen) atoms. The first-order valence-electron chi connectivity index (χ1n) is 17.2. The summed E-state index contributed by atoms with van der Waals surface area (Å²) in [6, 6.07) is 6.08. The molecule has 1 aliphatic carbocycles. The average Bonchev–Trinajstić information content (AvgIpc) is 3.72. The number of nitrogens with one attached hydrogen (secondary N) is 2. The van der Waals surface area contributed by atoms with Gasteiger partial charge < -0.3 is 10.4 Å². The Hall–Kier alpha value is -5.81. The number of alkyl halides is 5. The number of hydrogen-bond donors (Lipinski definition) is 3. The van der Waals surface area contributed by atoms with Gasteiger partial charge in [-0.15, -0.1) is 6.58 Å². The number of hydrogen-bond acceptors (Lipinski definition) is 7. The first kappa shape index (κ1) is 41.8. The van der Waals surface area contributed by atoms with Gasteiger partial charge in [0, 0.05) is 42.1 Å². The zero-order chi connectivity index (χ0) is 42.7. The summed E-state index contributed by atoms with van der Waals surface area (Å²) in [5.74, 6) is -4.48. The number of amides is 1. The number of anilines is 1. The molecule has 2 aromatic carbocycles. The Balaban J connectivity index is 1.55. The summed E-state index contributed by atoms with van der Waals surface area (Å²) >= 11 is 0. The summed E-state index contributed by atoms with van der Waals surface area (Å²) in [4.78, 5) is 18.5. The van der Waals surface area contributed by atoms with Crippen LogP contribution in [0.2, 0.25) is 0 Å². The summed E-state index contributed by atoms with van der Waals surface area (Å²) in [6.45, 7) is 4.97. The molecule has 0 aliphatic heterocycles. The van der Waals surface area contributed by atoms with Crippen LogP contribution in [0.5, 0.6) is 0 Å². The summed E-state index contributed by atoms with van der Waals surface area (Å²) in [6.07, 6.45) is -4.93. The maximum Gasteiger partial charge on any atom is 0.435 e. The quantitative estimate of drug-likeness (QED) is 0.0815. The van der Waals surface area contributed by atoms with E-state index in [0.29, 0.717) is 6.07 Å². The second-order valence-corrected chi connectivity index (χ2v) is 16.0. The fourth-order valence-electron chi connectivity index (χ4n) is 6.87. The molecule has 0 radical (unpaired) electrons. The average molecular weight is 836 g/mol. The van der Waals surface area contributed by atoms with Crippen molar-refractivity contribution in [3.63, 3.8) is 0 Å². The van der Waals surface area contributed by atoms with E-state index in [1.165, 1.54) is 39.1 Å². The number of pyridine rings is 1. The lowest BCUT2D eigenvalue weighted by Crippen LogP contribution is -2.35. The molecule has 6 rings (SSSR count). The van der Waals surface area contributed by atoms with Crippen LogP contribution < -0.4 is 10.0 Å². The number of benzene rings is 2. The SMILES string of the molecule is C=C[C@H]1CC(F)(F)c2c1c(C(F)(F)F)nn2CC(=O)NC(Cc1cc(F)cc(F)c1)c1nc(C#CC(C)(C)O)ccc1-c1ccc(F)c2c(NS(C)(=O)=O)nn(C)c12. The summed E-state index contributed by atoms with van der Waals surface area (Å²) < 4.78 is 145. The Morgan fingerprint density at radius 3 is 2.34 bits per heavy atom. The minimum absolute atomic E-state index is 0.0113. The van der Waals surface area contributed by atoms with E-state index < -0.39 is 99.4 Å². The van der Waals surface area contributed by atoms with Gasteiger partial charge in [0.1, 0.15) is 41.0 Å². The highest BCUT2D eigenvalue weighted by molar-refractivity contribution is 7.92. The highest BCUT2D eigenvalue weighted by atomic mass is 32.2. The van der Waals surface area contributed by atoms with E-state index in [2.05, 4.69) is 43.6 Å². The van der Waals surface area contributed by atoms with Crippen LogP contribution >= 0.6 is 0 Å². The van der Waals surface area contributed by atoms with Gasteiger partial charge >= 0.3 is 6.18 Å². The third-order valence-corrected chi connectivity index (χ3v) is 9.55. The van der Waals surface area contributed by atoms with E-state index in [0.717, 1.165) is 35.2 Å². The fraction of sp³-hybridized carbons (Fsp3) is 0.316. The zero-order valence-corrected chi connectivity index (χ0v) is 31.8. The first-order valence-corrected chi connectivity index (χ1v) is 19.1. The van der Waals surface area contributed by atoms with Crippen LogP contribution in [0, 0.1) is 29.3 Å². The van der Waals surface area contributed by atoms with Crippen molar-refractivity contribution in [3.8, 4) is 23.0 Å². The van der Waals surface area contributed by atoms with Gasteiger partial charge in [0.25, 0.3) is 5.92 Å². The molecule has 3 heterocycles. The van der Waals surface area contributed by atoms with Gasteiger partial charge in [-0.25, -0.2) is 26.6 Å².